The molecule has 1 rings (SSSR count). The molecule has 0 aromatic carbocycles. The summed E-state index contributed by atoms with van der Waals surface area (Å²) in [5.74, 6) is 0.738. The van der Waals surface area contributed by atoms with E-state index in [1.807, 2.05) is 0 Å². The highest BCUT2D eigenvalue weighted by atomic mass is 15.3. The van der Waals surface area contributed by atoms with Crippen molar-refractivity contribution in [3.63, 3.8) is 0 Å². The molecule has 1 aliphatic rings. The SMILES string of the molecule is CCCNCC(C)C(C)N1CCC(N(CC)CC)C1. The highest BCUT2D eigenvalue weighted by Crippen LogP contribution is 2.21. The Hall–Kier alpha value is -0.120. The predicted molar refractivity (Wildman–Crippen MR) is 84.7 cm³/mol. The van der Waals surface area contributed by atoms with E-state index in [0.29, 0.717) is 6.04 Å². The molecule has 0 spiro atoms. The summed E-state index contributed by atoms with van der Waals surface area (Å²) in [4.78, 5) is 5.31. The van der Waals surface area contributed by atoms with E-state index in [9.17, 15) is 0 Å². The van der Waals surface area contributed by atoms with Gasteiger partial charge >= 0.3 is 0 Å². The average molecular weight is 269 g/mol. The Labute approximate surface area is 120 Å². The molecule has 1 fully saturated rings. The molecule has 3 heteroatoms. The summed E-state index contributed by atoms with van der Waals surface area (Å²) in [6.07, 6.45) is 2.58. The van der Waals surface area contributed by atoms with E-state index in [1.54, 1.807) is 0 Å². The van der Waals surface area contributed by atoms with Crippen molar-refractivity contribution in [2.45, 2.75) is 59.5 Å². The second-order valence-corrected chi connectivity index (χ2v) is 6.08. The molecule has 114 valence electrons. The van der Waals surface area contributed by atoms with Crippen LogP contribution in [0.3, 0.4) is 0 Å². The summed E-state index contributed by atoms with van der Waals surface area (Å²) in [7, 11) is 0. The van der Waals surface area contributed by atoms with Crippen LogP contribution in [-0.2, 0) is 0 Å². The van der Waals surface area contributed by atoms with Crippen LogP contribution in [0.25, 0.3) is 0 Å². The maximum Gasteiger partial charge on any atom is 0.0235 e. The van der Waals surface area contributed by atoms with Gasteiger partial charge in [-0.25, -0.2) is 0 Å². The van der Waals surface area contributed by atoms with Gasteiger partial charge in [0.25, 0.3) is 0 Å². The van der Waals surface area contributed by atoms with E-state index in [0.717, 1.165) is 25.0 Å². The van der Waals surface area contributed by atoms with Gasteiger partial charge in [0, 0.05) is 25.2 Å². The normalized spacial score (nSPS) is 24.0. The molecule has 0 saturated carbocycles. The summed E-state index contributed by atoms with van der Waals surface area (Å²) in [5, 5.41) is 3.56. The van der Waals surface area contributed by atoms with Gasteiger partial charge in [-0.15, -0.1) is 0 Å². The number of nitrogens with one attached hydrogen (secondary N) is 1. The zero-order valence-corrected chi connectivity index (χ0v) is 13.8. The van der Waals surface area contributed by atoms with E-state index in [-0.39, 0.29) is 0 Å². The van der Waals surface area contributed by atoms with Gasteiger partial charge in [0.1, 0.15) is 0 Å². The zero-order chi connectivity index (χ0) is 14.3. The van der Waals surface area contributed by atoms with E-state index in [4.69, 9.17) is 0 Å². The molecule has 0 aliphatic carbocycles. The van der Waals surface area contributed by atoms with Crippen molar-refractivity contribution in [1.29, 1.82) is 0 Å². The van der Waals surface area contributed by atoms with E-state index >= 15 is 0 Å². The summed E-state index contributed by atoms with van der Waals surface area (Å²) in [6, 6.07) is 1.48. The number of nitrogens with zero attached hydrogens (tertiary/aromatic N) is 2. The van der Waals surface area contributed by atoms with Gasteiger partial charge in [-0.1, -0.05) is 27.7 Å². The van der Waals surface area contributed by atoms with Crippen LogP contribution in [0.1, 0.15) is 47.5 Å². The first-order valence-corrected chi connectivity index (χ1v) is 8.32. The van der Waals surface area contributed by atoms with Crippen molar-refractivity contribution in [3.05, 3.63) is 0 Å². The monoisotopic (exact) mass is 269 g/mol. The highest BCUT2D eigenvalue weighted by molar-refractivity contribution is 4.87. The third-order valence-corrected chi connectivity index (χ3v) is 4.82. The second kappa shape index (κ2) is 8.93. The topological polar surface area (TPSA) is 18.5 Å². The van der Waals surface area contributed by atoms with Crippen LogP contribution < -0.4 is 5.32 Å². The van der Waals surface area contributed by atoms with Crippen LogP contribution in [0.15, 0.2) is 0 Å². The van der Waals surface area contributed by atoms with Crippen LogP contribution in [0.4, 0.5) is 0 Å². The number of hydrogen-bond acceptors (Lipinski definition) is 3. The van der Waals surface area contributed by atoms with Crippen LogP contribution >= 0.6 is 0 Å². The van der Waals surface area contributed by atoms with Crippen molar-refractivity contribution in [2.24, 2.45) is 5.92 Å². The third-order valence-electron chi connectivity index (χ3n) is 4.82. The molecule has 3 unspecified atom stereocenters. The van der Waals surface area contributed by atoms with E-state index in [1.165, 1.54) is 39.0 Å². The van der Waals surface area contributed by atoms with Crippen molar-refractivity contribution >= 4 is 0 Å². The van der Waals surface area contributed by atoms with Crippen LogP contribution in [0.5, 0.6) is 0 Å². The molecule has 3 nitrogen and oxygen atoms in total. The van der Waals surface area contributed by atoms with Crippen LogP contribution in [0.2, 0.25) is 0 Å². The van der Waals surface area contributed by atoms with Crippen LogP contribution in [0, 0.1) is 5.92 Å². The smallest absolute Gasteiger partial charge is 0.0235 e. The molecular weight excluding hydrogens is 234 g/mol. The average Bonchev–Trinajstić information content (AvgIpc) is 2.89. The Morgan fingerprint density at radius 3 is 2.47 bits per heavy atom. The zero-order valence-electron chi connectivity index (χ0n) is 13.8. The highest BCUT2D eigenvalue weighted by Gasteiger charge is 2.30. The van der Waals surface area contributed by atoms with Crippen molar-refractivity contribution in [2.75, 3.05) is 39.3 Å². The number of likely N-dealkylation sites (N-methyl/N-ethyl adjacent to an activating group) is 1. The lowest BCUT2D eigenvalue weighted by molar-refractivity contribution is 0.165. The predicted octanol–water partition coefficient (Wildman–Crippen LogP) is 2.43. The number of rotatable bonds is 9. The van der Waals surface area contributed by atoms with Crippen molar-refractivity contribution < 1.29 is 0 Å². The van der Waals surface area contributed by atoms with E-state index in [2.05, 4.69) is 49.7 Å². The van der Waals surface area contributed by atoms with Gasteiger partial charge in [0.15, 0.2) is 0 Å². The lowest BCUT2D eigenvalue weighted by Gasteiger charge is -2.31. The summed E-state index contributed by atoms with van der Waals surface area (Å²) >= 11 is 0. The maximum absolute atomic E-state index is 3.56. The molecule has 3 atom stereocenters. The fraction of sp³-hybridized carbons (Fsp3) is 1.00. The molecular formula is C16H35N3. The fourth-order valence-corrected chi connectivity index (χ4v) is 3.21. The molecule has 0 aromatic heterocycles. The van der Waals surface area contributed by atoms with E-state index < -0.39 is 0 Å². The Morgan fingerprint density at radius 1 is 1.21 bits per heavy atom. The summed E-state index contributed by atoms with van der Waals surface area (Å²) in [6.45, 7) is 18.8. The largest absolute Gasteiger partial charge is 0.316 e. The first-order chi connectivity index (χ1) is 9.13. The fourth-order valence-electron chi connectivity index (χ4n) is 3.21. The molecule has 1 heterocycles. The molecule has 0 aromatic rings. The lowest BCUT2D eigenvalue weighted by Crippen LogP contribution is -2.43. The Bertz CT molecular complexity index is 228. The summed E-state index contributed by atoms with van der Waals surface area (Å²) < 4.78 is 0. The minimum Gasteiger partial charge on any atom is -0.316 e. The molecule has 1 N–H and O–H groups in total. The first-order valence-electron chi connectivity index (χ1n) is 8.32. The Balaban J connectivity index is 2.36. The van der Waals surface area contributed by atoms with Gasteiger partial charge < -0.3 is 5.32 Å². The molecule has 0 amide bonds. The minimum absolute atomic E-state index is 0.699. The standard InChI is InChI=1S/C16H35N3/c1-6-10-17-12-14(4)15(5)19-11-9-16(13-19)18(7-2)8-3/h14-17H,6-13H2,1-5H3. The lowest BCUT2D eigenvalue weighted by atomic mass is 10.0. The molecule has 1 saturated heterocycles. The second-order valence-electron chi connectivity index (χ2n) is 6.08. The quantitative estimate of drug-likeness (QED) is 0.649. The maximum atomic E-state index is 3.56. The molecule has 0 radical (unpaired) electrons. The van der Waals surface area contributed by atoms with Crippen LogP contribution in [-0.4, -0.2) is 61.2 Å². The summed E-state index contributed by atoms with van der Waals surface area (Å²) in [5.41, 5.74) is 0. The third kappa shape index (κ3) is 5.05. The van der Waals surface area contributed by atoms with Gasteiger partial charge in [0.2, 0.25) is 0 Å². The van der Waals surface area contributed by atoms with Gasteiger partial charge in [-0.3, -0.25) is 9.80 Å². The Morgan fingerprint density at radius 2 is 1.89 bits per heavy atom. The van der Waals surface area contributed by atoms with Gasteiger partial charge in [-0.05, 0) is 51.9 Å². The Kier molecular flexibility index (Phi) is 7.96. The van der Waals surface area contributed by atoms with Crippen molar-refractivity contribution in [1.82, 2.24) is 15.1 Å². The molecule has 0 bridgehead atoms. The number of likely N-dealkylation sites (tertiary alicyclic amines) is 1. The molecule has 1 aliphatic heterocycles. The minimum atomic E-state index is 0.699. The first kappa shape index (κ1) is 16.9. The molecule has 19 heavy (non-hydrogen) atoms. The van der Waals surface area contributed by atoms with Gasteiger partial charge in [-0.2, -0.15) is 0 Å². The van der Waals surface area contributed by atoms with Gasteiger partial charge in [0.05, 0.1) is 0 Å². The van der Waals surface area contributed by atoms with Crippen molar-refractivity contribution in [3.8, 4) is 0 Å². The number of hydrogen-bond donors (Lipinski definition) is 1.